The number of pyridine rings is 1. The van der Waals surface area contributed by atoms with Gasteiger partial charge in [-0.3, -0.25) is 10.2 Å². The summed E-state index contributed by atoms with van der Waals surface area (Å²) < 4.78 is 24.2. The van der Waals surface area contributed by atoms with E-state index < -0.39 is 15.9 Å². The lowest BCUT2D eigenvalue weighted by Gasteiger charge is -2.08. The maximum atomic E-state index is 12.1. The second-order valence-corrected chi connectivity index (χ2v) is 7.02. The van der Waals surface area contributed by atoms with E-state index in [1.54, 1.807) is 18.2 Å². The maximum Gasteiger partial charge on any atom is 0.284 e. The van der Waals surface area contributed by atoms with Gasteiger partial charge in [0.25, 0.3) is 15.9 Å². The minimum atomic E-state index is -3.89. The van der Waals surface area contributed by atoms with Gasteiger partial charge in [-0.15, -0.1) is 4.83 Å². The van der Waals surface area contributed by atoms with Crippen LogP contribution in [0.4, 0.5) is 0 Å². The highest BCUT2D eigenvalue weighted by Crippen LogP contribution is 2.14. The van der Waals surface area contributed by atoms with E-state index >= 15 is 0 Å². The molecule has 1 aromatic heterocycles. The number of para-hydroxylation sites is 1. The Morgan fingerprint density at radius 2 is 1.67 bits per heavy atom. The Bertz CT molecular complexity index is 1000. The molecule has 0 aliphatic carbocycles. The number of nitrogens with one attached hydrogen (secondary N) is 2. The second kappa shape index (κ2) is 6.56. The largest absolute Gasteiger partial charge is 0.284 e. The van der Waals surface area contributed by atoms with Gasteiger partial charge in [-0.05, 0) is 36.4 Å². The molecule has 2 N–H and O–H groups in total. The number of carbonyl (C=O) groups is 1. The number of carbonyl (C=O) groups excluding carboxylic acids is 1. The average Bonchev–Trinajstić information content (AvgIpc) is 2.59. The standard InChI is InChI=1S/C16H12ClN3O3S/c17-12-6-8-13(9-7-12)24(22,23)20-19-16(21)15-10-5-11-3-1-2-4-14(11)18-15/h1-10,20H,(H,19,21). The van der Waals surface area contributed by atoms with Gasteiger partial charge in [0.15, 0.2) is 0 Å². The highest BCUT2D eigenvalue weighted by Gasteiger charge is 2.16. The Hall–Kier alpha value is -2.48. The molecule has 6 nitrogen and oxygen atoms in total. The zero-order valence-electron chi connectivity index (χ0n) is 12.2. The molecule has 2 aromatic carbocycles. The normalized spacial score (nSPS) is 11.4. The van der Waals surface area contributed by atoms with Gasteiger partial charge in [0.2, 0.25) is 0 Å². The van der Waals surface area contributed by atoms with E-state index in [0.717, 1.165) is 5.39 Å². The van der Waals surface area contributed by atoms with Crippen molar-refractivity contribution >= 4 is 38.4 Å². The van der Waals surface area contributed by atoms with E-state index in [0.29, 0.717) is 10.5 Å². The molecule has 0 aliphatic rings. The molecule has 0 saturated carbocycles. The Morgan fingerprint density at radius 1 is 0.958 bits per heavy atom. The van der Waals surface area contributed by atoms with Crippen molar-refractivity contribution in [3.8, 4) is 0 Å². The number of hydrazine groups is 1. The van der Waals surface area contributed by atoms with Crippen LogP contribution in [0.15, 0.2) is 65.6 Å². The van der Waals surface area contributed by atoms with Crippen molar-refractivity contribution in [1.29, 1.82) is 0 Å². The fourth-order valence-electron chi connectivity index (χ4n) is 2.04. The summed E-state index contributed by atoms with van der Waals surface area (Å²) >= 11 is 5.72. The summed E-state index contributed by atoms with van der Waals surface area (Å²) in [6.45, 7) is 0. The number of amides is 1. The highest BCUT2D eigenvalue weighted by molar-refractivity contribution is 7.89. The van der Waals surface area contributed by atoms with Crippen molar-refractivity contribution in [1.82, 2.24) is 15.2 Å². The van der Waals surface area contributed by atoms with Crippen molar-refractivity contribution in [2.75, 3.05) is 0 Å². The molecular formula is C16H12ClN3O3S. The topological polar surface area (TPSA) is 88.2 Å². The van der Waals surface area contributed by atoms with Gasteiger partial charge in [0.1, 0.15) is 5.69 Å². The number of halogens is 1. The lowest BCUT2D eigenvalue weighted by atomic mass is 10.2. The van der Waals surface area contributed by atoms with Crippen LogP contribution in [0.1, 0.15) is 10.5 Å². The number of hydrogen-bond donors (Lipinski definition) is 2. The van der Waals surface area contributed by atoms with Gasteiger partial charge in [0.05, 0.1) is 10.4 Å². The highest BCUT2D eigenvalue weighted by atomic mass is 35.5. The van der Waals surface area contributed by atoms with Gasteiger partial charge in [-0.2, -0.15) is 0 Å². The van der Waals surface area contributed by atoms with E-state index in [2.05, 4.69) is 10.4 Å². The molecular weight excluding hydrogens is 350 g/mol. The van der Waals surface area contributed by atoms with Crippen LogP contribution in [0.25, 0.3) is 10.9 Å². The first kappa shape index (κ1) is 16.4. The van der Waals surface area contributed by atoms with Crippen LogP contribution < -0.4 is 10.3 Å². The van der Waals surface area contributed by atoms with Crippen LogP contribution in [0.5, 0.6) is 0 Å². The van der Waals surface area contributed by atoms with Crippen molar-refractivity contribution in [2.24, 2.45) is 0 Å². The Morgan fingerprint density at radius 3 is 2.42 bits per heavy atom. The number of benzene rings is 2. The number of nitrogens with zero attached hydrogens (tertiary/aromatic N) is 1. The van der Waals surface area contributed by atoms with Gasteiger partial charge >= 0.3 is 0 Å². The molecule has 0 aliphatic heterocycles. The molecule has 3 aromatic rings. The van der Waals surface area contributed by atoms with Crippen molar-refractivity contribution in [3.63, 3.8) is 0 Å². The summed E-state index contributed by atoms with van der Waals surface area (Å²) in [6, 6.07) is 16.1. The maximum absolute atomic E-state index is 12.1. The zero-order valence-corrected chi connectivity index (χ0v) is 13.8. The van der Waals surface area contributed by atoms with Crippen LogP contribution in [0.3, 0.4) is 0 Å². The van der Waals surface area contributed by atoms with Crippen molar-refractivity contribution in [3.05, 3.63) is 71.4 Å². The van der Waals surface area contributed by atoms with Gasteiger partial charge in [-0.1, -0.05) is 35.9 Å². The second-order valence-electron chi connectivity index (χ2n) is 4.90. The minimum Gasteiger partial charge on any atom is -0.272 e. The van der Waals surface area contributed by atoms with Gasteiger partial charge < -0.3 is 0 Å². The predicted octanol–water partition coefficient (Wildman–Crippen LogP) is 2.51. The van der Waals surface area contributed by atoms with Gasteiger partial charge in [-0.25, -0.2) is 13.4 Å². The fraction of sp³-hybridized carbons (Fsp3) is 0. The van der Waals surface area contributed by atoms with Crippen LogP contribution >= 0.6 is 11.6 Å². The van der Waals surface area contributed by atoms with Gasteiger partial charge in [0, 0.05) is 10.4 Å². The molecule has 0 saturated heterocycles. The predicted molar refractivity (Wildman–Crippen MR) is 91.0 cm³/mol. The van der Waals surface area contributed by atoms with Crippen molar-refractivity contribution < 1.29 is 13.2 Å². The molecule has 122 valence electrons. The first-order chi connectivity index (χ1) is 11.5. The van der Waals surface area contributed by atoms with E-state index in [1.807, 2.05) is 17.0 Å². The summed E-state index contributed by atoms with van der Waals surface area (Å²) in [5.74, 6) is -0.654. The lowest BCUT2D eigenvalue weighted by Crippen LogP contribution is -2.41. The first-order valence-electron chi connectivity index (χ1n) is 6.89. The number of aromatic nitrogens is 1. The average molecular weight is 362 g/mol. The Kier molecular flexibility index (Phi) is 4.48. The summed E-state index contributed by atoms with van der Waals surface area (Å²) in [4.78, 5) is 18.3. The fourth-order valence-corrected chi connectivity index (χ4v) is 3.01. The van der Waals surface area contributed by atoms with E-state index in [4.69, 9.17) is 11.6 Å². The van der Waals surface area contributed by atoms with Crippen LogP contribution in [-0.2, 0) is 10.0 Å². The first-order valence-corrected chi connectivity index (χ1v) is 8.75. The van der Waals surface area contributed by atoms with Crippen LogP contribution in [0.2, 0.25) is 5.02 Å². The molecule has 1 heterocycles. The molecule has 0 bridgehead atoms. The molecule has 0 fully saturated rings. The summed E-state index contributed by atoms with van der Waals surface area (Å²) in [5, 5.41) is 1.30. The molecule has 0 radical (unpaired) electrons. The summed E-state index contributed by atoms with van der Waals surface area (Å²) in [5.41, 5.74) is 2.89. The summed E-state index contributed by atoms with van der Waals surface area (Å²) in [6.07, 6.45) is 0. The molecule has 0 atom stereocenters. The number of sulfonamides is 1. The Balaban J connectivity index is 1.75. The monoisotopic (exact) mass is 361 g/mol. The third-order valence-corrected chi connectivity index (χ3v) is 4.77. The molecule has 24 heavy (non-hydrogen) atoms. The number of hydrogen-bond acceptors (Lipinski definition) is 4. The zero-order chi connectivity index (χ0) is 17.2. The molecule has 1 amide bonds. The van der Waals surface area contributed by atoms with E-state index in [-0.39, 0.29) is 10.6 Å². The Labute approximate surface area is 143 Å². The third-order valence-electron chi connectivity index (χ3n) is 3.25. The quantitative estimate of drug-likeness (QED) is 0.699. The summed E-state index contributed by atoms with van der Waals surface area (Å²) in [7, 11) is -3.89. The lowest BCUT2D eigenvalue weighted by molar-refractivity contribution is 0.0940. The van der Waals surface area contributed by atoms with E-state index in [1.165, 1.54) is 30.3 Å². The number of rotatable bonds is 4. The van der Waals surface area contributed by atoms with Crippen LogP contribution in [0, 0.1) is 0 Å². The van der Waals surface area contributed by atoms with E-state index in [9.17, 15) is 13.2 Å². The molecule has 0 unspecified atom stereocenters. The molecule has 8 heteroatoms. The SMILES string of the molecule is O=C(NNS(=O)(=O)c1ccc(Cl)cc1)c1ccc2ccccc2n1. The number of fused-ring (bicyclic) bond motifs is 1. The van der Waals surface area contributed by atoms with Crippen molar-refractivity contribution in [2.45, 2.75) is 4.90 Å². The third kappa shape index (κ3) is 3.53. The molecule has 3 rings (SSSR count). The smallest absolute Gasteiger partial charge is 0.272 e. The minimum absolute atomic E-state index is 0.0151. The molecule has 0 spiro atoms. The van der Waals surface area contributed by atoms with Crippen LogP contribution in [-0.4, -0.2) is 19.3 Å².